The van der Waals surface area contributed by atoms with Gasteiger partial charge in [0.05, 0.1) is 23.7 Å². The van der Waals surface area contributed by atoms with Crippen LogP contribution in [0.5, 0.6) is 0 Å². The molecule has 1 fully saturated rings. The maximum atomic E-state index is 9.38. The van der Waals surface area contributed by atoms with Crippen LogP contribution in [0.1, 0.15) is 38.5 Å². The monoisotopic (exact) mass is 220 g/mol. The standard InChI is InChI=1S/C13H20N2O/c1-9(11-4-5-11)15(3)12-6-7-13(10(2)16)14-8-12/h6-11,16H,4-5H2,1-3H3. The molecule has 0 radical (unpaired) electrons. The summed E-state index contributed by atoms with van der Waals surface area (Å²) in [4.78, 5) is 6.54. The second kappa shape index (κ2) is 4.42. The van der Waals surface area contributed by atoms with Crippen molar-refractivity contribution in [3.63, 3.8) is 0 Å². The lowest BCUT2D eigenvalue weighted by atomic mass is 10.1. The van der Waals surface area contributed by atoms with Gasteiger partial charge in [0.1, 0.15) is 0 Å². The van der Waals surface area contributed by atoms with Crippen LogP contribution in [0.3, 0.4) is 0 Å². The summed E-state index contributed by atoms with van der Waals surface area (Å²) in [6, 6.07) is 4.52. The van der Waals surface area contributed by atoms with Crippen LogP contribution >= 0.6 is 0 Å². The lowest BCUT2D eigenvalue weighted by molar-refractivity contribution is 0.194. The van der Waals surface area contributed by atoms with Crippen molar-refractivity contribution >= 4 is 5.69 Å². The molecule has 1 saturated carbocycles. The molecule has 0 spiro atoms. The van der Waals surface area contributed by atoms with E-state index in [1.807, 2.05) is 18.3 Å². The van der Waals surface area contributed by atoms with Gasteiger partial charge in [-0.05, 0) is 44.7 Å². The van der Waals surface area contributed by atoms with Gasteiger partial charge in [-0.25, -0.2) is 0 Å². The maximum absolute atomic E-state index is 9.38. The second-order valence-corrected chi connectivity index (χ2v) is 4.81. The van der Waals surface area contributed by atoms with E-state index in [1.165, 1.54) is 12.8 Å². The Kier molecular flexibility index (Phi) is 3.15. The van der Waals surface area contributed by atoms with Gasteiger partial charge in [0.2, 0.25) is 0 Å². The minimum absolute atomic E-state index is 0.486. The van der Waals surface area contributed by atoms with Gasteiger partial charge in [0, 0.05) is 13.1 Å². The van der Waals surface area contributed by atoms with Crippen LogP contribution < -0.4 is 4.90 Å². The van der Waals surface area contributed by atoms with Gasteiger partial charge in [-0.15, -0.1) is 0 Å². The Labute approximate surface area is 97.1 Å². The molecule has 0 aliphatic heterocycles. The van der Waals surface area contributed by atoms with Crippen molar-refractivity contribution in [3.05, 3.63) is 24.0 Å². The minimum Gasteiger partial charge on any atom is -0.387 e. The zero-order valence-corrected chi connectivity index (χ0v) is 10.2. The van der Waals surface area contributed by atoms with E-state index in [-0.39, 0.29) is 0 Å². The van der Waals surface area contributed by atoms with Crippen molar-refractivity contribution < 1.29 is 5.11 Å². The van der Waals surface area contributed by atoms with Crippen molar-refractivity contribution in [2.75, 3.05) is 11.9 Å². The highest BCUT2D eigenvalue weighted by Gasteiger charge is 2.30. The number of nitrogens with zero attached hydrogens (tertiary/aromatic N) is 2. The fourth-order valence-electron chi connectivity index (χ4n) is 1.98. The maximum Gasteiger partial charge on any atom is 0.0931 e. The van der Waals surface area contributed by atoms with Crippen LogP contribution in [0.15, 0.2) is 18.3 Å². The third-order valence-corrected chi connectivity index (χ3v) is 3.52. The Balaban J connectivity index is 2.08. The number of aromatic nitrogens is 1. The van der Waals surface area contributed by atoms with Gasteiger partial charge in [0.25, 0.3) is 0 Å². The fourth-order valence-corrected chi connectivity index (χ4v) is 1.98. The molecule has 2 unspecified atom stereocenters. The summed E-state index contributed by atoms with van der Waals surface area (Å²) in [7, 11) is 2.11. The Morgan fingerprint density at radius 1 is 1.38 bits per heavy atom. The molecule has 2 atom stereocenters. The van der Waals surface area contributed by atoms with Crippen molar-refractivity contribution in [1.82, 2.24) is 4.98 Å². The first-order valence-corrected chi connectivity index (χ1v) is 5.96. The van der Waals surface area contributed by atoms with Gasteiger partial charge in [-0.3, -0.25) is 4.98 Å². The molecule has 1 aromatic heterocycles. The van der Waals surface area contributed by atoms with E-state index in [4.69, 9.17) is 0 Å². The first-order chi connectivity index (χ1) is 7.59. The zero-order chi connectivity index (χ0) is 11.7. The molecule has 0 saturated heterocycles. The van der Waals surface area contributed by atoms with E-state index in [1.54, 1.807) is 6.92 Å². The number of anilines is 1. The minimum atomic E-state index is -0.486. The second-order valence-electron chi connectivity index (χ2n) is 4.81. The molecular weight excluding hydrogens is 200 g/mol. The molecule has 1 aliphatic rings. The van der Waals surface area contributed by atoms with E-state index < -0.39 is 6.10 Å². The Morgan fingerprint density at radius 2 is 2.06 bits per heavy atom. The molecule has 1 heterocycles. The molecule has 3 heteroatoms. The van der Waals surface area contributed by atoms with Crippen LogP contribution in [-0.2, 0) is 0 Å². The van der Waals surface area contributed by atoms with Crippen molar-refractivity contribution in [1.29, 1.82) is 0 Å². The van der Waals surface area contributed by atoms with Crippen LogP contribution in [0, 0.1) is 5.92 Å². The summed E-state index contributed by atoms with van der Waals surface area (Å²) in [5, 5.41) is 9.38. The van der Waals surface area contributed by atoms with Gasteiger partial charge in [0.15, 0.2) is 0 Å². The summed E-state index contributed by atoms with van der Waals surface area (Å²) in [5.74, 6) is 0.849. The van der Waals surface area contributed by atoms with E-state index in [9.17, 15) is 5.11 Å². The van der Waals surface area contributed by atoms with Gasteiger partial charge in [-0.1, -0.05) is 0 Å². The van der Waals surface area contributed by atoms with Crippen LogP contribution in [0.2, 0.25) is 0 Å². The number of pyridine rings is 1. The molecule has 1 aromatic rings. The highest BCUT2D eigenvalue weighted by molar-refractivity contribution is 5.45. The molecule has 1 aliphatic carbocycles. The molecule has 1 N–H and O–H groups in total. The van der Waals surface area contributed by atoms with Crippen LogP contribution in [0.4, 0.5) is 5.69 Å². The third kappa shape index (κ3) is 2.35. The summed E-state index contributed by atoms with van der Waals surface area (Å²) >= 11 is 0. The number of aliphatic hydroxyl groups excluding tert-OH is 1. The number of rotatable bonds is 4. The van der Waals surface area contributed by atoms with Crippen molar-refractivity contribution in [3.8, 4) is 0 Å². The van der Waals surface area contributed by atoms with E-state index in [0.717, 1.165) is 17.3 Å². The predicted octanol–water partition coefficient (Wildman–Crippen LogP) is 2.37. The van der Waals surface area contributed by atoms with Crippen molar-refractivity contribution in [2.45, 2.75) is 38.8 Å². The molecule has 16 heavy (non-hydrogen) atoms. The van der Waals surface area contributed by atoms with E-state index in [2.05, 4.69) is 23.9 Å². The van der Waals surface area contributed by atoms with Crippen LogP contribution in [0.25, 0.3) is 0 Å². The first kappa shape index (κ1) is 11.4. The topological polar surface area (TPSA) is 36.4 Å². The Bertz CT molecular complexity index is 343. The van der Waals surface area contributed by atoms with Gasteiger partial charge >= 0.3 is 0 Å². The fraction of sp³-hybridized carbons (Fsp3) is 0.615. The summed E-state index contributed by atoms with van der Waals surface area (Å²) < 4.78 is 0. The van der Waals surface area contributed by atoms with E-state index >= 15 is 0 Å². The Hall–Kier alpha value is -1.09. The summed E-state index contributed by atoms with van der Waals surface area (Å²) in [5.41, 5.74) is 1.86. The summed E-state index contributed by atoms with van der Waals surface area (Å²) in [6.45, 7) is 4.00. The molecule has 0 amide bonds. The lowest BCUT2D eigenvalue weighted by Crippen LogP contribution is -2.30. The molecule has 3 nitrogen and oxygen atoms in total. The lowest BCUT2D eigenvalue weighted by Gasteiger charge is -2.26. The molecule has 88 valence electrons. The molecule has 0 aromatic carbocycles. The molecular formula is C13H20N2O. The SMILES string of the molecule is CC(O)c1ccc(N(C)C(C)C2CC2)cn1. The Morgan fingerprint density at radius 3 is 2.50 bits per heavy atom. The average molecular weight is 220 g/mol. The number of hydrogen-bond donors (Lipinski definition) is 1. The van der Waals surface area contributed by atoms with Crippen molar-refractivity contribution in [2.24, 2.45) is 5.92 Å². The zero-order valence-electron chi connectivity index (χ0n) is 10.2. The molecule has 2 rings (SSSR count). The van der Waals surface area contributed by atoms with Crippen LogP contribution in [-0.4, -0.2) is 23.2 Å². The first-order valence-electron chi connectivity index (χ1n) is 5.96. The summed E-state index contributed by atoms with van der Waals surface area (Å²) in [6.07, 6.45) is 4.07. The predicted molar refractivity (Wildman–Crippen MR) is 65.5 cm³/mol. The quantitative estimate of drug-likeness (QED) is 0.846. The van der Waals surface area contributed by atoms with Gasteiger partial charge in [-0.2, -0.15) is 0 Å². The highest BCUT2D eigenvalue weighted by atomic mass is 16.3. The largest absolute Gasteiger partial charge is 0.387 e. The number of hydrogen-bond acceptors (Lipinski definition) is 3. The normalized spacial score (nSPS) is 19.2. The highest BCUT2D eigenvalue weighted by Crippen LogP contribution is 2.36. The third-order valence-electron chi connectivity index (χ3n) is 3.52. The smallest absolute Gasteiger partial charge is 0.0931 e. The molecule has 0 bridgehead atoms. The average Bonchev–Trinajstić information content (AvgIpc) is 3.11. The van der Waals surface area contributed by atoms with Gasteiger partial charge < -0.3 is 10.0 Å². The number of aliphatic hydroxyl groups is 1. The van der Waals surface area contributed by atoms with E-state index in [0.29, 0.717) is 6.04 Å².